The molecule has 0 saturated carbocycles. The first-order valence-corrected chi connectivity index (χ1v) is 8.80. The van der Waals surface area contributed by atoms with Crippen LogP contribution < -0.4 is 5.32 Å². The molecule has 1 amide bonds. The summed E-state index contributed by atoms with van der Waals surface area (Å²) in [7, 11) is 0. The molecule has 1 saturated heterocycles. The number of rotatable bonds is 8. The van der Waals surface area contributed by atoms with Crippen LogP contribution in [0.25, 0.3) is 0 Å². The predicted molar refractivity (Wildman–Crippen MR) is 95.8 cm³/mol. The van der Waals surface area contributed by atoms with Gasteiger partial charge in [0.25, 0.3) is 0 Å². The number of carbonyl (C=O) groups excluding carboxylic acids is 2. The van der Waals surface area contributed by atoms with Gasteiger partial charge in [-0.05, 0) is 30.7 Å². The van der Waals surface area contributed by atoms with Gasteiger partial charge in [-0.1, -0.05) is 50.3 Å². The summed E-state index contributed by atoms with van der Waals surface area (Å²) in [5, 5.41) is 2.87. The number of alkyl carbamates (subject to hydrolysis) is 1. The highest BCUT2D eigenvalue weighted by Crippen LogP contribution is 2.29. The molecule has 0 spiro atoms. The lowest BCUT2D eigenvalue weighted by Crippen LogP contribution is -2.46. The smallest absolute Gasteiger partial charge is 0.407 e. The largest absolute Gasteiger partial charge is 0.460 e. The van der Waals surface area contributed by atoms with Gasteiger partial charge in [0.15, 0.2) is 0 Å². The van der Waals surface area contributed by atoms with Gasteiger partial charge >= 0.3 is 12.1 Å². The molecule has 0 radical (unpaired) electrons. The average molecular weight is 345 g/mol. The van der Waals surface area contributed by atoms with Crippen molar-refractivity contribution in [3.63, 3.8) is 0 Å². The van der Waals surface area contributed by atoms with Crippen molar-refractivity contribution in [2.45, 2.75) is 51.9 Å². The van der Waals surface area contributed by atoms with Crippen LogP contribution in [-0.2, 0) is 20.9 Å². The van der Waals surface area contributed by atoms with Crippen LogP contribution in [0.3, 0.4) is 0 Å². The van der Waals surface area contributed by atoms with Crippen molar-refractivity contribution in [2.24, 2.45) is 11.8 Å². The molecular weight excluding hydrogens is 318 g/mol. The molecule has 1 N–H and O–H groups in total. The first kappa shape index (κ1) is 19.0. The summed E-state index contributed by atoms with van der Waals surface area (Å²) in [6.45, 7) is 7.89. The van der Waals surface area contributed by atoms with Crippen LogP contribution in [0.5, 0.6) is 0 Å². The second-order valence-electron chi connectivity index (χ2n) is 6.75. The molecule has 2 rings (SSSR count). The molecule has 0 aliphatic carbocycles. The van der Waals surface area contributed by atoms with E-state index in [0.717, 1.165) is 18.4 Å². The van der Waals surface area contributed by atoms with Crippen LogP contribution in [0.15, 0.2) is 43.0 Å². The topological polar surface area (TPSA) is 64.6 Å². The first-order valence-electron chi connectivity index (χ1n) is 8.80. The van der Waals surface area contributed by atoms with E-state index in [1.165, 1.54) is 0 Å². The molecular formula is C20H27NO4. The number of hydrogen-bond donors (Lipinski definition) is 1. The summed E-state index contributed by atoms with van der Waals surface area (Å²) >= 11 is 0. The summed E-state index contributed by atoms with van der Waals surface area (Å²) in [6, 6.07) is 9.24. The molecule has 1 aliphatic heterocycles. The Labute approximate surface area is 149 Å². The van der Waals surface area contributed by atoms with Gasteiger partial charge in [-0.3, -0.25) is 4.79 Å². The molecule has 1 aromatic rings. The third-order valence-corrected chi connectivity index (χ3v) is 4.45. The highest BCUT2D eigenvalue weighted by Gasteiger charge is 2.40. The number of cyclic esters (lactones) is 1. The number of nitrogens with one attached hydrogen (secondary N) is 1. The quantitative estimate of drug-likeness (QED) is 0.574. The van der Waals surface area contributed by atoms with Gasteiger partial charge in [0.05, 0.1) is 12.0 Å². The van der Waals surface area contributed by atoms with E-state index in [1.807, 2.05) is 44.2 Å². The second-order valence-corrected chi connectivity index (χ2v) is 6.75. The minimum absolute atomic E-state index is 0.119. The van der Waals surface area contributed by atoms with E-state index >= 15 is 0 Å². The Morgan fingerprint density at radius 2 is 2.12 bits per heavy atom. The molecule has 0 bridgehead atoms. The molecule has 1 heterocycles. The summed E-state index contributed by atoms with van der Waals surface area (Å²) < 4.78 is 10.8. The van der Waals surface area contributed by atoms with Crippen LogP contribution in [0.1, 0.15) is 38.7 Å². The maximum Gasteiger partial charge on any atom is 0.407 e. The highest BCUT2D eigenvalue weighted by atomic mass is 16.6. The monoisotopic (exact) mass is 345 g/mol. The molecule has 1 fully saturated rings. The number of esters is 1. The van der Waals surface area contributed by atoms with Crippen molar-refractivity contribution in [1.29, 1.82) is 0 Å². The van der Waals surface area contributed by atoms with E-state index in [1.54, 1.807) is 6.08 Å². The van der Waals surface area contributed by atoms with Crippen LogP contribution in [0, 0.1) is 11.8 Å². The van der Waals surface area contributed by atoms with Gasteiger partial charge in [-0.25, -0.2) is 4.79 Å². The standard InChI is InChI=1S/C20H27NO4/c1-4-5-11-16-12-17(25-19(16)22)18(14(2)3)21-20(23)24-13-15-9-7-6-8-10-15/h4,6-10,14,16-18H,1,5,11-13H2,2-3H3,(H,21,23)/t16-,17+,18+/m1/s1. The van der Waals surface area contributed by atoms with Gasteiger partial charge in [0, 0.05) is 0 Å². The molecule has 1 aliphatic rings. The lowest BCUT2D eigenvalue weighted by Gasteiger charge is -2.26. The summed E-state index contributed by atoms with van der Waals surface area (Å²) in [4.78, 5) is 24.1. The molecule has 5 heteroatoms. The normalized spacial score (nSPS) is 20.8. The zero-order valence-electron chi connectivity index (χ0n) is 14.9. The van der Waals surface area contributed by atoms with Crippen LogP contribution in [0.4, 0.5) is 4.79 Å². The Kier molecular flexibility index (Phi) is 7.04. The maximum atomic E-state index is 12.1. The Balaban J connectivity index is 1.88. The van der Waals surface area contributed by atoms with Crippen molar-refractivity contribution in [1.82, 2.24) is 5.32 Å². The maximum absolute atomic E-state index is 12.1. The zero-order valence-corrected chi connectivity index (χ0v) is 14.9. The van der Waals surface area contributed by atoms with Crippen LogP contribution >= 0.6 is 0 Å². The Morgan fingerprint density at radius 1 is 1.40 bits per heavy atom. The number of carbonyl (C=O) groups is 2. The zero-order chi connectivity index (χ0) is 18.2. The Hall–Kier alpha value is -2.30. The first-order chi connectivity index (χ1) is 12.0. The third-order valence-electron chi connectivity index (χ3n) is 4.45. The van der Waals surface area contributed by atoms with Gasteiger partial charge in [0.2, 0.25) is 0 Å². The fourth-order valence-corrected chi connectivity index (χ4v) is 3.03. The van der Waals surface area contributed by atoms with E-state index in [0.29, 0.717) is 6.42 Å². The van der Waals surface area contributed by atoms with Crippen molar-refractivity contribution in [3.8, 4) is 0 Å². The van der Waals surface area contributed by atoms with Gasteiger partial charge in [-0.2, -0.15) is 0 Å². The summed E-state index contributed by atoms with van der Waals surface area (Å²) in [5.41, 5.74) is 0.926. The number of hydrogen-bond acceptors (Lipinski definition) is 4. The van der Waals surface area contributed by atoms with Crippen molar-refractivity contribution < 1.29 is 19.1 Å². The lowest BCUT2D eigenvalue weighted by molar-refractivity contribution is -0.145. The fraction of sp³-hybridized carbons (Fsp3) is 0.500. The minimum atomic E-state index is -0.492. The van der Waals surface area contributed by atoms with E-state index in [2.05, 4.69) is 11.9 Å². The minimum Gasteiger partial charge on any atom is -0.460 e. The number of amides is 1. The van der Waals surface area contributed by atoms with Crippen molar-refractivity contribution in [3.05, 3.63) is 48.6 Å². The van der Waals surface area contributed by atoms with E-state index in [9.17, 15) is 9.59 Å². The number of ether oxygens (including phenoxy) is 2. The summed E-state index contributed by atoms with van der Waals surface area (Å²) in [5.74, 6) is -0.177. The predicted octanol–water partition coefficient (Wildman–Crippen LogP) is 3.84. The molecule has 3 atom stereocenters. The van der Waals surface area contributed by atoms with Gasteiger partial charge in [0.1, 0.15) is 12.7 Å². The molecule has 136 valence electrons. The summed E-state index contributed by atoms with van der Waals surface area (Å²) in [6.07, 6.45) is 3.14. The van der Waals surface area contributed by atoms with Gasteiger partial charge in [-0.15, -0.1) is 6.58 Å². The molecule has 0 aromatic heterocycles. The third kappa shape index (κ3) is 5.62. The average Bonchev–Trinajstić information content (AvgIpc) is 2.97. The Bertz CT molecular complexity index is 585. The highest BCUT2D eigenvalue weighted by molar-refractivity contribution is 5.75. The second kappa shape index (κ2) is 9.25. The van der Waals surface area contributed by atoms with Gasteiger partial charge < -0.3 is 14.8 Å². The number of benzene rings is 1. The molecule has 0 unspecified atom stereocenters. The Morgan fingerprint density at radius 3 is 2.76 bits per heavy atom. The fourth-order valence-electron chi connectivity index (χ4n) is 3.03. The SMILES string of the molecule is C=CCC[C@@H]1C[C@@H]([C@@H](NC(=O)OCc2ccccc2)C(C)C)OC1=O. The van der Waals surface area contributed by atoms with E-state index in [-0.39, 0.29) is 36.6 Å². The molecule has 5 nitrogen and oxygen atoms in total. The van der Waals surface area contributed by atoms with Crippen LogP contribution in [0.2, 0.25) is 0 Å². The van der Waals surface area contributed by atoms with Crippen molar-refractivity contribution in [2.75, 3.05) is 0 Å². The lowest BCUT2D eigenvalue weighted by atomic mass is 9.91. The number of allylic oxidation sites excluding steroid dienone is 1. The molecule has 25 heavy (non-hydrogen) atoms. The van der Waals surface area contributed by atoms with Crippen molar-refractivity contribution >= 4 is 12.1 Å². The van der Waals surface area contributed by atoms with E-state index < -0.39 is 6.09 Å². The van der Waals surface area contributed by atoms with Crippen LogP contribution in [-0.4, -0.2) is 24.2 Å². The molecule has 1 aromatic carbocycles. The van der Waals surface area contributed by atoms with E-state index in [4.69, 9.17) is 9.47 Å².